The van der Waals surface area contributed by atoms with Gasteiger partial charge in [-0.05, 0) is 12.1 Å². The number of rotatable bonds is 2. The first-order valence-electron chi connectivity index (χ1n) is 6.87. The van der Waals surface area contributed by atoms with Gasteiger partial charge in [0.1, 0.15) is 6.54 Å². The van der Waals surface area contributed by atoms with Crippen molar-refractivity contribution < 1.29 is 13.6 Å². The number of nitrogens with one attached hydrogen (secondary N) is 1. The molecule has 3 rings (SSSR count). The van der Waals surface area contributed by atoms with Crippen LogP contribution in [0.5, 0.6) is 0 Å². The van der Waals surface area contributed by atoms with Crippen LogP contribution in [0.15, 0.2) is 53.5 Å². The van der Waals surface area contributed by atoms with Crippen LogP contribution < -0.4 is 5.32 Å². The maximum atomic E-state index is 13.6. The summed E-state index contributed by atoms with van der Waals surface area (Å²) in [6, 6.07) is 13.5. The number of anilines is 1. The largest absolute Gasteiger partial charge is 0.324 e. The second-order valence-electron chi connectivity index (χ2n) is 5.23. The summed E-state index contributed by atoms with van der Waals surface area (Å²) in [5.41, 5.74) is 2.23. The van der Waals surface area contributed by atoms with Crippen molar-refractivity contribution >= 4 is 17.3 Å². The molecule has 22 heavy (non-hydrogen) atoms. The van der Waals surface area contributed by atoms with E-state index in [-0.39, 0.29) is 18.0 Å². The number of nitrogens with zero attached hydrogens (tertiary/aromatic N) is 1. The van der Waals surface area contributed by atoms with Gasteiger partial charge < -0.3 is 5.32 Å². The van der Waals surface area contributed by atoms with Crippen LogP contribution in [0.1, 0.15) is 23.6 Å². The first-order valence-corrected chi connectivity index (χ1v) is 6.87. The van der Waals surface area contributed by atoms with Crippen LogP contribution in [-0.2, 0) is 10.7 Å². The zero-order chi connectivity index (χ0) is 15.7. The van der Waals surface area contributed by atoms with E-state index in [2.05, 4.69) is 10.3 Å². The lowest BCUT2D eigenvalue weighted by atomic mass is 9.97. The SMILES string of the molecule is CC(F)(F)c1ccc2c(c1)C(c1ccccc1)=NCC(=O)N2. The molecule has 0 atom stereocenters. The third-order valence-corrected chi connectivity index (χ3v) is 3.48. The minimum absolute atomic E-state index is 0.0310. The molecule has 1 N–H and O–H groups in total. The Balaban J connectivity index is 2.19. The molecule has 0 radical (unpaired) electrons. The fourth-order valence-corrected chi connectivity index (χ4v) is 2.39. The van der Waals surface area contributed by atoms with Gasteiger partial charge in [0.15, 0.2) is 0 Å². The van der Waals surface area contributed by atoms with Crippen LogP contribution in [0.4, 0.5) is 14.5 Å². The van der Waals surface area contributed by atoms with E-state index in [1.165, 1.54) is 18.2 Å². The molecule has 2 aromatic rings. The molecule has 1 aliphatic rings. The van der Waals surface area contributed by atoms with Crippen molar-refractivity contribution in [2.45, 2.75) is 12.8 Å². The highest BCUT2D eigenvalue weighted by Crippen LogP contribution is 2.32. The highest BCUT2D eigenvalue weighted by atomic mass is 19.3. The summed E-state index contributed by atoms with van der Waals surface area (Å²) >= 11 is 0. The molecular formula is C17H14F2N2O. The second kappa shape index (κ2) is 5.33. The van der Waals surface area contributed by atoms with Gasteiger partial charge in [-0.25, -0.2) is 8.78 Å². The lowest BCUT2D eigenvalue weighted by Gasteiger charge is -2.15. The number of amides is 1. The summed E-state index contributed by atoms with van der Waals surface area (Å²) in [5.74, 6) is -3.21. The van der Waals surface area contributed by atoms with Crippen molar-refractivity contribution in [3.8, 4) is 0 Å². The highest BCUT2D eigenvalue weighted by molar-refractivity contribution is 6.19. The van der Waals surface area contributed by atoms with Crippen LogP contribution in [0.3, 0.4) is 0 Å². The molecule has 3 nitrogen and oxygen atoms in total. The van der Waals surface area contributed by atoms with E-state index in [4.69, 9.17) is 0 Å². The molecule has 0 bridgehead atoms. The van der Waals surface area contributed by atoms with E-state index in [9.17, 15) is 13.6 Å². The maximum Gasteiger partial charge on any atom is 0.270 e. The van der Waals surface area contributed by atoms with Crippen molar-refractivity contribution in [2.75, 3.05) is 11.9 Å². The quantitative estimate of drug-likeness (QED) is 0.905. The minimum Gasteiger partial charge on any atom is -0.324 e. The second-order valence-corrected chi connectivity index (χ2v) is 5.23. The van der Waals surface area contributed by atoms with Crippen LogP contribution >= 0.6 is 0 Å². The number of fused-ring (bicyclic) bond motifs is 1. The van der Waals surface area contributed by atoms with Crippen LogP contribution in [0.2, 0.25) is 0 Å². The van der Waals surface area contributed by atoms with Gasteiger partial charge in [-0.3, -0.25) is 9.79 Å². The molecule has 0 unspecified atom stereocenters. The fraction of sp³-hybridized carbons (Fsp3) is 0.176. The summed E-state index contributed by atoms with van der Waals surface area (Å²) in [4.78, 5) is 16.0. The van der Waals surface area contributed by atoms with Crippen LogP contribution in [-0.4, -0.2) is 18.2 Å². The number of hydrogen-bond donors (Lipinski definition) is 1. The third-order valence-electron chi connectivity index (χ3n) is 3.48. The summed E-state index contributed by atoms with van der Waals surface area (Å²) < 4.78 is 27.2. The van der Waals surface area contributed by atoms with E-state index in [0.29, 0.717) is 17.0 Å². The average Bonchev–Trinajstić information content (AvgIpc) is 2.65. The van der Waals surface area contributed by atoms with Gasteiger partial charge in [0.2, 0.25) is 5.91 Å². The van der Waals surface area contributed by atoms with E-state index in [1.807, 2.05) is 30.3 Å². The Kier molecular flexibility index (Phi) is 3.48. The molecule has 1 aliphatic heterocycles. The number of benzene rings is 2. The number of halogens is 2. The summed E-state index contributed by atoms with van der Waals surface area (Å²) in [7, 11) is 0. The topological polar surface area (TPSA) is 41.5 Å². The number of carbonyl (C=O) groups excluding carboxylic acids is 1. The van der Waals surface area contributed by atoms with Gasteiger partial charge in [-0.1, -0.05) is 36.4 Å². The molecule has 0 spiro atoms. The first kappa shape index (κ1) is 14.4. The monoisotopic (exact) mass is 300 g/mol. The molecule has 0 fully saturated rings. The molecule has 0 saturated carbocycles. The average molecular weight is 300 g/mol. The maximum absolute atomic E-state index is 13.6. The minimum atomic E-state index is -2.95. The number of alkyl halides is 2. The predicted octanol–water partition coefficient (Wildman–Crippen LogP) is 3.59. The molecule has 0 saturated heterocycles. The lowest BCUT2D eigenvalue weighted by Crippen LogP contribution is -2.14. The van der Waals surface area contributed by atoms with Crippen LogP contribution in [0, 0.1) is 0 Å². The van der Waals surface area contributed by atoms with Crippen LogP contribution in [0.25, 0.3) is 0 Å². The summed E-state index contributed by atoms with van der Waals surface area (Å²) in [6.45, 7) is 0.820. The van der Waals surface area contributed by atoms with Gasteiger partial charge in [0.05, 0.1) is 11.4 Å². The molecule has 0 aromatic heterocycles. The van der Waals surface area contributed by atoms with E-state index >= 15 is 0 Å². The fourth-order valence-electron chi connectivity index (χ4n) is 2.39. The normalized spacial score (nSPS) is 14.7. The van der Waals surface area contributed by atoms with E-state index in [1.54, 1.807) is 0 Å². The first-order chi connectivity index (χ1) is 10.4. The van der Waals surface area contributed by atoms with Crippen molar-refractivity contribution in [3.05, 3.63) is 65.2 Å². The zero-order valence-electron chi connectivity index (χ0n) is 11.9. The van der Waals surface area contributed by atoms with Crippen molar-refractivity contribution in [1.29, 1.82) is 0 Å². The molecule has 2 aromatic carbocycles. The van der Waals surface area contributed by atoms with Crippen molar-refractivity contribution in [3.63, 3.8) is 0 Å². The molecule has 1 heterocycles. The summed E-state index contributed by atoms with van der Waals surface area (Å²) in [6.07, 6.45) is 0. The van der Waals surface area contributed by atoms with Crippen molar-refractivity contribution in [1.82, 2.24) is 0 Å². The predicted molar refractivity (Wildman–Crippen MR) is 81.6 cm³/mol. The van der Waals surface area contributed by atoms with E-state index in [0.717, 1.165) is 12.5 Å². The Morgan fingerprint density at radius 3 is 2.55 bits per heavy atom. The van der Waals surface area contributed by atoms with Crippen molar-refractivity contribution in [2.24, 2.45) is 4.99 Å². The Labute approximate surface area is 126 Å². The highest BCUT2D eigenvalue weighted by Gasteiger charge is 2.27. The Bertz CT molecular complexity index is 749. The van der Waals surface area contributed by atoms with E-state index < -0.39 is 5.92 Å². The molecule has 1 amide bonds. The zero-order valence-corrected chi connectivity index (χ0v) is 11.9. The van der Waals surface area contributed by atoms with Gasteiger partial charge in [0, 0.05) is 23.6 Å². The summed E-state index contributed by atoms with van der Waals surface area (Å²) in [5, 5.41) is 2.70. The lowest BCUT2D eigenvalue weighted by molar-refractivity contribution is -0.114. The molecule has 112 valence electrons. The Hall–Kier alpha value is -2.56. The van der Waals surface area contributed by atoms with Gasteiger partial charge in [-0.2, -0.15) is 0 Å². The van der Waals surface area contributed by atoms with Gasteiger partial charge in [-0.15, -0.1) is 0 Å². The number of hydrogen-bond acceptors (Lipinski definition) is 2. The molecule has 5 heteroatoms. The Morgan fingerprint density at radius 1 is 1.14 bits per heavy atom. The number of aliphatic imine (C=N–C) groups is 1. The van der Waals surface area contributed by atoms with Gasteiger partial charge in [0.25, 0.3) is 5.92 Å². The third kappa shape index (κ3) is 2.74. The van der Waals surface area contributed by atoms with Gasteiger partial charge >= 0.3 is 0 Å². The molecule has 0 aliphatic carbocycles. The number of carbonyl (C=O) groups is 1. The Morgan fingerprint density at radius 2 is 1.86 bits per heavy atom. The smallest absolute Gasteiger partial charge is 0.270 e. The number of benzodiazepines with no additional fused rings is 1. The standard InChI is InChI=1S/C17H14F2N2O/c1-17(18,19)12-7-8-14-13(9-12)16(20-10-15(22)21-14)11-5-3-2-4-6-11/h2-9H,10H2,1H3,(H,21,22). The molecular weight excluding hydrogens is 286 g/mol.